The molecule has 0 radical (unpaired) electrons. The van der Waals surface area contributed by atoms with Crippen LogP contribution in [0.15, 0.2) is 18.2 Å². The number of fused-ring (bicyclic) bond motifs is 1. The molecule has 0 unspecified atom stereocenters. The van der Waals surface area contributed by atoms with Crippen LogP contribution >= 0.6 is 11.6 Å². The Morgan fingerprint density at radius 1 is 1.43 bits per heavy atom. The predicted octanol–water partition coefficient (Wildman–Crippen LogP) is 2.96. The molecule has 1 aliphatic carbocycles. The largest absolute Gasteiger partial charge is 0.416 e. The molecule has 0 spiro atoms. The molecule has 2 fully saturated rings. The Morgan fingerprint density at radius 3 is 2.71 bits per heavy atom. The van der Waals surface area contributed by atoms with Crippen LogP contribution in [0.2, 0.25) is 5.02 Å². The molecule has 1 heterocycles. The molecule has 1 aromatic carbocycles. The second-order valence-electron chi connectivity index (χ2n) is 5.56. The van der Waals surface area contributed by atoms with Crippen LogP contribution in [0.4, 0.5) is 18.9 Å². The Hall–Kier alpha value is -1.45. The first-order chi connectivity index (χ1) is 9.82. The van der Waals surface area contributed by atoms with Crippen LogP contribution in [0.5, 0.6) is 0 Å². The standard InChI is InChI=1S/C14H12ClF3N2O/c15-11-4-9(2-1-7(11)5-19)20-6-8-3-10(8)12(20)13(21)14(16,17)18/h1-2,4,8,10,12-13,21H,3,6H2/t8-,10-,12+,13+/m0/s1. The van der Waals surface area contributed by atoms with Crippen molar-refractivity contribution in [2.45, 2.75) is 24.7 Å². The Kier molecular flexibility index (Phi) is 3.30. The van der Waals surface area contributed by atoms with Crippen LogP contribution < -0.4 is 4.90 Å². The number of hydrogen-bond acceptors (Lipinski definition) is 3. The van der Waals surface area contributed by atoms with Gasteiger partial charge in [0.15, 0.2) is 6.10 Å². The minimum atomic E-state index is -4.64. The van der Waals surface area contributed by atoms with Crippen LogP contribution in [0.1, 0.15) is 12.0 Å². The van der Waals surface area contributed by atoms with E-state index in [-0.39, 0.29) is 22.4 Å². The third kappa shape index (κ3) is 2.45. The summed E-state index contributed by atoms with van der Waals surface area (Å²) in [7, 11) is 0. The fourth-order valence-corrected chi connectivity index (χ4v) is 3.37. The number of piperidine rings is 1. The monoisotopic (exact) mass is 316 g/mol. The first-order valence-corrected chi connectivity index (χ1v) is 6.92. The maximum Gasteiger partial charge on any atom is 0.416 e. The smallest absolute Gasteiger partial charge is 0.382 e. The van der Waals surface area contributed by atoms with Crippen molar-refractivity contribution in [3.05, 3.63) is 28.8 Å². The number of benzene rings is 1. The molecule has 1 saturated carbocycles. The van der Waals surface area contributed by atoms with Gasteiger partial charge in [0.05, 0.1) is 16.6 Å². The van der Waals surface area contributed by atoms with Gasteiger partial charge in [0.1, 0.15) is 6.07 Å². The van der Waals surface area contributed by atoms with Gasteiger partial charge in [0.2, 0.25) is 0 Å². The number of hydrogen-bond donors (Lipinski definition) is 1. The van der Waals surface area contributed by atoms with Crippen molar-refractivity contribution in [1.29, 1.82) is 5.26 Å². The van der Waals surface area contributed by atoms with Gasteiger partial charge in [-0.05, 0) is 36.5 Å². The fourth-order valence-electron chi connectivity index (χ4n) is 3.15. The van der Waals surface area contributed by atoms with E-state index in [2.05, 4.69) is 0 Å². The number of aliphatic hydroxyl groups excluding tert-OH is 1. The summed E-state index contributed by atoms with van der Waals surface area (Å²) in [5.74, 6) is 0.0671. The number of anilines is 1. The Bertz CT molecular complexity index is 613. The molecule has 0 bridgehead atoms. The number of aliphatic hydroxyl groups is 1. The molecule has 7 heteroatoms. The number of nitrogens with zero attached hydrogens (tertiary/aromatic N) is 2. The van der Waals surface area contributed by atoms with E-state index in [1.54, 1.807) is 11.0 Å². The summed E-state index contributed by atoms with van der Waals surface area (Å²) >= 11 is 5.94. The predicted molar refractivity (Wildman–Crippen MR) is 71.0 cm³/mol. The average Bonchev–Trinajstić information content (AvgIpc) is 3.08. The molecular weight excluding hydrogens is 305 g/mol. The summed E-state index contributed by atoms with van der Waals surface area (Å²) in [5.41, 5.74) is 0.789. The van der Waals surface area contributed by atoms with Crippen LogP contribution in [0.3, 0.4) is 0 Å². The zero-order chi connectivity index (χ0) is 15.4. The third-order valence-corrected chi connectivity index (χ3v) is 4.58. The van der Waals surface area contributed by atoms with Crippen molar-refractivity contribution in [1.82, 2.24) is 0 Å². The van der Waals surface area contributed by atoms with E-state index in [1.165, 1.54) is 12.1 Å². The summed E-state index contributed by atoms with van der Waals surface area (Å²) in [6.45, 7) is 0.477. The highest BCUT2D eigenvalue weighted by Gasteiger charge is 2.60. The maximum atomic E-state index is 12.8. The van der Waals surface area contributed by atoms with Crippen molar-refractivity contribution in [2.75, 3.05) is 11.4 Å². The van der Waals surface area contributed by atoms with Gasteiger partial charge >= 0.3 is 6.18 Å². The summed E-state index contributed by atoms with van der Waals surface area (Å²) in [6.07, 6.45) is -6.29. The molecule has 21 heavy (non-hydrogen) atoms. The van der Waals surface area contributed by atoms with Crippen molar-refractivity contribution in [3.63, 3.8) is 0 Å². The quantitative estimate of drug-likeness (QED) is 0.912. The number of rotatable bonds is 2. The van der Waals surface area contributed by atoms with Gasteiger partial charge in [-0.15, -0.1) is 0 Å². The minimum Gasteiger partial charge on any atom is -0.382 e. The Labute approximate surface area is 124 Å². The first kappa shape index (κ1) is 14.5. The van der Waals surface area contributed by atoms with Crippen LogP contribution in [-0.2, 0) is 0 Å². The van der Waals surface area contributed by atoms with E-state index in [1.807, 2.05) is 6.07 Å². The van der Waals surface area contributed by atoms with Gasteiger partial charge in [-0.3, -0.25) is 0 Å². The van der Waals surface area contributed by atoms with E-state index in [0.29, 0.717) is 12.2 Å². The molecule has 3 nitrogen and oxygen atoms in total. The lowest BCUT2D eigenvalue weighted by atomic mass is 10.0. The Balaban J connectivity index is 1.91. The van der Waals surface area contributed by atoms with Crippen LogP contribution in [0.25, 0.3) is 0 Å². The summed E-state index contributed by atoms with van der Waals surface area (Å²) in [4.78, 5) is 1.56. The van der Waals surface area contributed by atoms with Gasteiger partial charge in [-0.25, -0.2) is 0 Å². The summed E-state index contributed by atoms with van der Waals surface area (Å²) < 4.78 is 38.5. The lowest BCUT2D eigenvalue weighted by molar-refractivity contribution is -0.210. The lowest BCUT2D eigenvalue weighted by Crippen LogP contribution is -2.49. The molecule has 0 aromatic heterocycles. The highest BCUT2D eigenvalue weighted by molar-refractivity contribution is 6.32. The van der Waals surface area contributed by atoms with Gasteiger partial charge in [-0.1, -0.05) is 11.6 Å². The van der Waals surface area contributed by atoms with E-state index in [0.717, 1.165) is 6.42 Å². The van der Waals surface area contributed by atoms with E-state index in [4.69, 9.17) is 16.9 Å². The van der Waals surface area contributed by atoms with E-state index in [9.17, 15) is 18.3 Å². The van der Waals surface area contributed by atoms with Crippen LogP contribution in [0, 0.1) is 23.2 Å². The van der Waals surface area contributed by atoms with E-state index < -0.39 is 18.3 Å². The van der Waals surface area contributed by atoms with Crippen LogP contribution in [-0.4, -0.2) is 30.0 Å². The minimum absolute atomic E-state index is 0.129. The SMILES string of the molecule is N#Cc1ccc(N2C[C@@H]3C[C@@H]3[C@@H]2[C@@H](O)C(F)(F)F)cc1Cl. The molecule has 1 aliphatic heterocycles. The van der Waals surface area contributed by atoms with Crippen molar-refractivity contribution in [3.8, 4) is 6.07 Å². The lowest BCUT2D eigenvalue weighted by Gasteiger charge is -2.34. The third-order valence-electron chi connectivity index (χ3n) is 4.27. The molecule has 3 rings (SSSR count). The second-order valence-corrected chi connectivity index (χ2v) is 5.97. The molecule has 2 aliphatic rings. The molecule has 0 amide bonds. The van der Waals surface area contributed by atoms with Crippen molar-refractivity contribution >= 4 is 17.3 Å². The number of halogens is 4. The van der Waals surface area contributed by atoms with Gasteiger partial charge in [0.25, 0.3) is 0 Å². The Morgan fingerprint density at radius 2 is 2.14 bits per heavy atom. The first-order valence-electron chi connectivity index (χ1n) is 6.54. The zero-order valence-corrected chi connectivity index (χ0v) is 11.6. The summed E-state index contributed by atoms with van der Waals surface area (Å²) in [6, 6.07) is 5.48. The fraction of sp³-hybridized carbons (Fsp3) is 0.500. The molecule has 1 aromatic rings. The van der Waals surface area contributed by atoms with Gasteiger partial charge < -0.3 is 10.0 Å². The van der Waals surface area contributed by atoms with Gasteiger partial charge in [0, 0.05) is 12.2 Å². The van der Waals surface area contributed by atoms with E-state index >= 15 is 0 Å². The summed E-state index contributed by atoms with van der Waals surface area (Å²) in [5, 5.41) is 18.7. The van der Waals surface area contributed by atoms with Crippen molar-refractivity contribution in [2.24, 2.45) is 11.8 Å². The molecule has 112 valence electrons. The second kappa shape index (κ2) is 4.79. The van der Waals surface area contributed by atoms with Crippen molar-refractivity contribution < 1.29 is 18.3 Å². The number of nitriles is 1. The highest BCUT2D eigenvalue weighted by atomic mass is 35.5. The topological polar surface area (TPSA) is 47.3 Å². The highest BCUT2D eigenvalue weighted by Crippen LogP contribution is 2.53. The van der Waals surface area contributed by atoms with Gasteiger partial charge in [-0.2, -0.15) is 18.4 Å². The maximum absolute atomic E-state index is 12.8. The molecule has 1 saturated heterocycles. The molecule has 4 atom stereocenters. The molecular formula is C14H12ClF3N2O. The molecule has 1 N–H and O–H groups in total. The number of alkyl halides is 3. The zero-order valence-electron chi connectivity index (χ0n) is 10.8. The normalized spacial score (nSPS) is 29.0. The average molecular weight is 317 g/mol.